The molecule has 0 radical (unpaired) electrons. The minimum absolute atomic E-state index is 0.168. The van der Waals surface area contributed by atoms with Crippen LogP contribution in [0.4, 0.5) is 5.82 Å². The van der Waals surface area contributed by atoms with Crippen molar-refractivity contribution in [2.75, 3.05) is 5.32 Å². The van der Waals surface area contributed by atoms with Crippen LogP contribution in [-0.2, 0) is 0 Å². The molecule has 2 aromatic heterocycles. The van der Waals surface area contributed by atoms with Gasteiger partial charge in [0.2, 0.25) is 0 Å². The van der Waals surface area contributed by atoms with E-state index in [9.17, 15) is 4.79 Å². The van der Waals surface area contributed by atoms with Gasteiger partial charge in [-0.05, 0) is 25.1 Å². The number of carbonyl (C=O) groups excluding carboxylic acids is 1. The van der Waals surface area contributed by atoms with Gasteiger partial charge in [-0.2, -0.15) is 0 Å². The summed E-state index contributed by atoms with van der Waals surface area (Å²) in [7, 11) is 0. The predicted molar refractivity (Wildman–Crippen MR) is 71.2 cm³/mol. The number of pyridine rings is 2. The molecule has 0 saturated carbocycles. The van der Waals surface area contributed by atoms with Gasteiger partial charge in [-0.3, -0.25) is 4.79 Å². The molecule has 1 N–H and O–H groups in total. The molecule has 2 rings (SSSR count). The Balaban J connectivity index is 2.19. The molecular weight excluding hydrogens is 273 g/mol. The van der Waals surface area contributed by atoms with Crippen LogP contribution in [0.15, 0.2) is 30.5 Å². The molecule has 18 heavy (non-hydrogen) atoms. The van der Waals surface area contributed by atoms with E-state index in [1.807, 2.05) is 19.1 Å². The summed E-state index contributed by atoms with van der Waals surface area (Å²) in [5.41, 5.74) is 1.15. The SMILES string of the molecule is Cc1cccc(NC(=O)c2cnc(Cl)c(Cl)c2)n1. The fourth-order valence-electron chi connectivity index (χ4n) is 1.35. The summed E-state index contributed by atoms with van der Waals surface area (Å²) in [6.07, 6.45) is 1.36. The Morgan fingerprint density at radius 1 is 1.33 bits per heavy atom. The average Bonchev–Trinajstić information content (AvgIpc) is 2.32. The van der Waals surface area contributed by atoms with Crippen LogP contribution < -0.4 is 5.32 Å². The minimum Gasteiger partial charge on any atom is -0.307 e. The van der Waals surface area contributed by atoms with Crippen molar-refractivity contribution in [3.05, 3.63) is 51.9 Å². The first kappa shape index (κ1) is 12.8. The van der Waals surface area contributed by atoms with Gasteiger partial charge in [-0.1, -0.05) is 29.3 Å². The minimum atomic E-state index is -0.334. The topological polar surface area (TPSA) is 54.9 Å². The summed E-state index contributed by atoms with van der Waals surface area (Å²) in [5.74, 6) is 0.144. The first-order valence-electron chi connectivity index (χ1n) is 5.12. The highest BCUT2D eigenvalue weighted by atomic mass is 35.5. The van der Waals surface area contributed by atoms with Crippen molar-refractivity contribution in [2.24, 2.45) is 0 Å². The van der Waals surface area contributed by atoms with Crippen LogP contribution in [0.3, 0.4) is 0 Å². The normalized spacial score (nSPS) is 10.2. The summed E-state index contributed by atoms with van der Waals surface area (Å²) in [6, 6.07) is 6.82. The third kappa shape index (κ3) is 2.97. The number of nitrogens with zero attached hydrogens (tertiary/aromatic N) is 2. The molecule has 0 bridgehead atoms. The number of carbonyl (C=O) groups is 1. The molecule has 4 nitrogen and oxygen atoms in total. The van der Waals surface area contributed by atoms with E-state index in [0.717, 1.165) is 5.69 Å². The molecule has 0 aliphatic rings. The number of aromatic nitrogens is 2. The molecular formula is C12H9Cl2N3O. The van der Waals surface area contributed by atoms with Gasteiger partial charge in [0.25, 0.3) is 5.91 Å². The Morgan fingerprint density at radius 2 is 2.11 bits per heavy atom. The number of aryl methyl sites for hydroxylation is 1. The molecule has 0 saturated heterocycles. The molecule has 0 fully saturated rings. The van der Waals surface area contributed by atoms with Gasteiger partial charge >= 0.3 is 0 Å². The van der Waals surface area contributed by atoms with Crippen molar-refractivity contribution in [1.29, 1.82) is 0 Å². The van der Waals surface area contributed by atoms with E-state index >= 15 is 0 Å². The maximum Gasteiger partial charge on any atom is 0.258 e. The van der Waals surface area contributed by atoms with Crippen LogP contribution >= 0.6 is 23.2 Å². The highest BCUT2D eigenvalue weighted by molar-refractivity contribution is 6.41. The molecule has 0 aliphatic carbocycles. The van der Waals surface area contributed by atoms with Crippen LogP contribution in [0, 0.1) is 6.92 Å². The lowest BCUT2D eigenvalue weighted by Crippen LogP contribution is -2.13. The Bertz CT molecular complexity index is 602. The lowest BCUT2D eigenvalue weighted by molar-refractivity contribution is 0.102. The fourth-order valence-corrected chi connectivity index (χ4v) is 1.62. The number of rotatable bonds is 2. The first-order chi connectivity index (χ1) is 8.56. The number of nitrogens with one attached hydrogen (secondary N) is 1. The molecule has 1 amide bonds. The van der Waals surface area contributed by atoms with Crippen molar-refractivity contribution < 1.29 is 4.79 Å². The maximum atomic E-state index is 11.9. The molecule has 0 unspecified atom stereocenters. The van der Waals surface area contributed by atoms with E-state index in [4.69, 9.17) is 23.2 Å². The summed E-state index contributed by atoms with van der Waals surface area (Å²) in [5, 5.41) is 3.06. The number of hydrogen-bond acceptors (Lipinski definition) is 3. The molecule has 92 valence electrons. The molecule has 2 heterocycles. The fraction of sp³-hybridized carbons (Fsp3) is 0.0833. The Labute approximate surface area is 114 Å². The maximum absolute atomic E-state index is 11.9. The van der Waals surface area contributed by atoms with Gasteiger partial charge in [-0.25, -0.2) is 9.97 Å². The van der Waals surface area contributed by atoms with E-state index < -0.39 is 0 Å². The number of anilines is 1. The average molecular weight is 282 g/mol. The van der Waals surface area contributed by atoms with Crippen molar-refractivity contribution in [2.45, 2.75) is 6.92 Å². The quantitative estimate of drug-likeness (QED) is 0.859. The van der Waals surface area contributed by atoms with Crippen molar-refractivity contribution in [3.63, 3.8) is 0 Å². The standard InChI is InChI=1S/C12H9Cl2N3O/c1-7-3-2-4-10(16-7)17-12(18)8-5-9(13)11(14)15-6-8/h2-6H,1H3,(H,16,17,18). The highest BCUT2D eigenvalue weighted by Crippen LogP contribution is 2.20. The second kappa shape index (κ2) is 5.33. The summed E-state index contributed by atoms with van der Waals surface area (Å²) < 4.78 is 0. The summed E-state index contributed by atoms with van der Waals surface area (Å²) >= 11 is 11.5. The van der Waals surface area contributed by atoms with Crippen LogP contribution in [0.2, 0.25) is 10.2 Å². The van der Waals surface area contributed by atoms with Gasteiger partial charge in [0.1, 0.15) is 11.0 Å². The van der Waals surface area contributed by atoms with Crippen LogP contribution in [0.5, 0.6) is 0 Å². The third-order valence-corrected chi connectivity index (χ3v) is 2.87. The number of hydrogen-bond donors (Lipinski definition) is 1. The molecule has 0 aromatic carbocycles. The summed E-state index contributed by atoms with van der Waals surface area (Å²) in [4.78, 5) is 19.9. The Hall–Kier alpha value is -1.65. The Kier molecular flexibility index (Phi) is 3.79. The van der Waals surface area contributed by atoms with Gasteiger partial charge < -0.3 is 5.32 Å². The van der Waals surface area contributed by atoms with Crippen molar-refractivity contribution >= 4 is 34.9 Å². The molecule has 0 aliphatic heterocycles. The van der Waals surface area contributed by atoms with Crippen LogP contribution in [0.1, 0.15) is 16.1 Å². The molecule has 0 atom stereocenters. The summed E-state index contributed by atoms with van der Waals surface area (Å²) in [6.45, 7) is 1.84. The van der Waals surface area contributed by atoms with E-state index in [-0.39, 0.29) is 16.1 Å². The number of halogens is 2. The zero-order chi connectivity index (χ0) is 13.1. The van der Waals surface area contributed by atoms with Gasteiger partial charge in [0.05, 0.1) is 10.6 Å². The largest absolute Gasteiger partial charge is 0.307 e. The third-order valence-electron chi connectivity index (χ3n) is 2.19. The smallest absolute Gasteiger partial charge is 0.258 e. The molecule has 2 aromatic rings. The van der Waals surface area contributed by atoms with Gasteiger partial charge in [0, 0.05) is 11.9 Å². The van der Waals surface area contributed by atoms with E-state index in [1.165, 1.54) is 12.3 Å². The first-order valence-corrected chi connectivity index (χ1v) is 5.88. The molecule has 0 spiro atoms. The lowest BCUT2D eigenvalue weighted by Gasteiger charge is -2.05. The zero-order valence-electron chi connectivity index (χ0n) is 9.45. The van der Waals surface area contributed by atoms with Gasteiger partial charge in [0.15, 0.2) is 0 Å². The highest BCUT2D eigenvalue weighted by Gasteiger charge is 2.09. The second-order valence-corrected chi connectivity index (χ2v) is 4.38. The van der Waals surface area contributed by atoms with E-state index in [1.54, 1.807) is 6.07 Å². The lowest BCUT2D eigenvalue weighted by atomic mass is 10.2. The Morgan fingerprint density at radius 3 is 2.78 bits per heavy atom. The number of amides is 1. The van der Waals surface area contributed by atoms with Crippen molar-refractivity contribution in [1.82, 2.24) is 9.97 Å². The van der Waals surface area contributed by atoms with Crippen molar-refractivity contribution in [3.8, 4) is 0 Å². The predicted octanol–water partition coefficient (Wildman–Crippen LogP) is 3.34. The molecule has 6 heteroatoms. The van der Waals surface area contributed by atoms with Crippen LogP contribution in [0.25, 0.3) is 0 Å². The van der Waals surface area contributed by atoms with Crippen LogP contribution in [-0.4, -0.2) is 15.9 Å². The van der Waals surface area contributed by atoms with E-state index in [2.05, 4.69) is 15.3 Å². The van der Waals surface area contributed by atoms with E-state index in [0.29, 0.717) is 11.4 Å². The monoisotopic (exact) mass is 281 g/mol. The van der Waals surface area contributed by atoms with Gasteiger partial charge in [-0.15, -0.1) is 0 Å². The zero-order valence-corrected chi connectivity index (χ0v) is 11.0. The second-order valence-electron chi connectivity index (χ2n) is 3.61.